The zero-order valence-corrected chi connectivity index (χ0v) is 13.7. The van der Waals surface area contributed by atoms with Crippen molar-refractivity contribution in [3.05, 3.63) is 0 Å². The summed E-state index contributed by atoms with van der Waals surface area (Å²) in [6.45, 7) is 12.2. The van der Waals surface area contributed by atoms with Crippen LogP contribution in [0.4, 0.5) is 0 Å². The smallest absolute Gasteiger partial charge is 0.0693 e. The Bertz CT molecular complexity index is 297. The number of hydrogen-bond acceptors (Lipinski definition) is 3. The first-order valence-corrected chi connectivity index (χ1v) is 8.66. The Labute approximate surface area is 125 Å². The molecule has 0 spiro atoms. The van der Waals surface area contributed by atoms with Crippen LogP contribution in [0.3, 0.4) is 0 Å². The minimum absolute atomic E-state index is 0.124. The van der Waals surface area contributed by atoms with Gasteiger partial charge in [-0.1, -0.05) is 33.6 Å². The van der Waals surface area contributed by atoms with Gasteiger partial charge in [0.2, 0.25) is 0 Å². The molecular formula is C17H34N2O. The maximum absolute atomic E-state index is 10.1. The molecule has 1 aliphatic heterocycles. The highest BCUT2D eigenvalue weighted by molar-refractivity contribution is 4.91. The Morgan fingerprint density at radius 1 is 1.30 bits per heavy atom. The first kappa shape index (κ1) is 16.3. The molecule has 118 valence electrons. The Kier molecular flexibility index (Phi) is 5.88. The van der Waals surface area contributed by atoms with Crippen LogP contribution in [0.5, 0.6) is 0 Å². The Morgan fingerprint density at radius 3 is 2.75 bits per heavy atom. The van der Waals surface area contributed by atoms with Crippen LogP contribution in [0, 0.1) is 17.3 Å². The monoisotopic (exact) mass is 282 g/mol. The molecule has 20 heavy (non-hydrogen) atoms. The lowest BCUT2D eigenvalue weighted by Gasteiger charge is -2.45. The molecule has 1 saturated heterocycles. The van der Waals surface area contributed by atoms with Crippen molar-refractivity contribution in [2.45, 2.75) is 59.0 Å². The Balaban J connectivity index is 1.96. The molecule has 0 radical (unpaired) electrons. The average Bonchev–Trinajstić information content (AvgIpc) is 2.41. The van der Waals surface area contributed by atoms with Crippen LogP contribution < -0.4 is 5.32 Å². The Morgan fingerprint density at radius 2 is 2.10 bits per heavy atom. The normalized spacial score (nSPS) is 39.9. The Hall–Kier alpha value is -0.120. The molecule has 0 amide bonds. The molecule has 2 rings (SSSR count). The maximum atomic E-state index is 10.1. The van der Waals surface area contributed by atoms with E-state index in [9.17, 15) is 5.11 Å². The lowest BCUT2D eigenvalue weighted by Crippen LogP contribution is -2.51. The summed E-state index contributed by atoms with van der Waals surface area (Å²) in [6.07, 6.45) is 6.50. The van der Waals surface area contributed by atoms with Crippen molar-refractivity contribution >= 4 is 0 Å². The van der Waals surface area contributed by atoms with Gasteiger partial charge in [0, 0.05) is 19.6 Å². The number of piperidine rings is 1. The zero-order chi connectivity index (χ0) is 14.6. The quantitative estimate of drug-likeness (QED) is 0.813. The second-order valence-corrected chi connectivity index (χ2v) is 7.55. The molecule has 1 saturated carbocycles. The van der Waals surface area contributed by atoms with Crippen molar-refractivity contribution in [3.8, 4) is 0 Å². The summed E-state index contributed by atoms with van der Waals surface area (Å²) >= 11 is 0. The predicted molar refractivity (Wildman–Crippen MR) is 84.8 cm³/mol. The molecule has 0 aromatic rings. The highest BCUT2D eigenvalue weighted by atomic mass is 16.3. The van der Waals surface area contributed by atoms with E-state index < -0.39 is 0 Å². The summed E-state index contributed by atoms with van der Waals surface area (Å²) in [5.74, 6) is 1.33. The number of rotatable bonds is 5. The summed E-state index contributed by atoms with van der Waals surface area (Å²) < 4.78 is 0. The minimum Gasteiger partial charge on any atom is -0.392 e. The van der Waals surface area contributed by atoms with Gasteiger partial charge < -0.3 is 15.3 Å². The van der Waals surface area contributed by atoms with Crippen LogP contribution in [0.15, 0.2) is 0 Å². The van der Waals surface area contributed by atoms with Crippen molar-refractivity contribution in [1.82, 2.24) is 10.2 Å². The molecule has 3 heteroatoms. The van der Waals surface area contributed by atoms with Gasteiger partial charge in [-0.15, -0.1) is 0 Å². The van der Waals surface area contributed by atoms with Gasteiger partial charge in [0.1, 0.15) is 0 Å². The summed E-state index contributed by atoms with van der Waals surface area (Å²) in [4.78, 5) is 2.53. The average molecular weight is 282 g/mol. The second kappa shape index (κ2) is 7.24. The van der Waals surface area contributed by atoms with E-state index in [1.54, 1.807) is 0 Å². The van der Waals surface area contributed by atoms with E-state index in [0.717, 1.165) is 32.0 Å². The molecule has 4 unspecified atom stereocenters. The number of likely N-dealkylation sites (tertiary alicyclic amines) is 1. The molecule has 0 bridgehead atoms. The predicted octanol–water partition coefficient (Wildman–Crippen LogP) is 2.50. The molecule has 3 nitrogen and oxygen atoms in total. The second-order valence-electron chi connectivity index (χ2n) is 7.55. The van der Waals surface area contributed by atoms with Crippen LogP contribution >= 0.6 is 0 Å². The molecule has 0 aromatic heterocycles. The van der Waals surface area contributed by atoms with Gasteiger partial charge in [-0.3, -0.25) is 0 Å². The SMILES string of the molecule is CCNCC1(CN2CCC(C)C(O)C2)CCCC(C)C1. The third kappa shape index (κ3) is 4.19. The lowest BCUT2D eigenvalue weighted by atomic mass is 9.69. The molecule has 2 N–H and O–H groups in total. The van der Waals surface area contributed by atoms with Crippen molar-refractivity contribution in [2.75, 3.05) is 32.7 Å². The molecule has 2 fully saturated rings. The standard InChI is InChI=1S/C17H34N2O/c1-4-18-12-17(8-5-6-14(2)10-17)13-19-9-7-15(3)16(20)11-19/h14-16,18,20H,4-13H2,1-3H3. The summed E-state index contributed by atoms with van der Waals surface area (Å²) in [5, 5.41) is 13.7. The van der Waals surface area contributed by atoms with Crippen LogP contribution in [0.1, 0.15) is 52.9 Å². The highest BCUT2D eigenvalue weighted by Crippen LogP contribution is 2.40. The molecule has 4 atom stereocenters. The van der Waals surface area contributed by atoms with Gasteiger partial charge in [-0.25, -0.2) is 0 Å². The molecule has 0 aromatic carbocycles. The van der Waals surface area contributed by atoms with E-state index in [4.69, 9.17) is 0 Å². The topological polar surface area (TPSA) is 35.5 Å². The van der Waals surface area contributed by atoms with E-state index >= 15 is 0 Å². The maximum Gasteiger partial charge on any atom is 0.0693 e. The first-order valence-electron chi connectivity index (χ1n) is 8.66. The number of hydrogen-bond donors (Lipinski definition) is 2. The van der Waals surface area contributed by atoms with Crippen molar-refractivity contribution < 1.29 is 5.11 Å². The molecule has 1 heterocycles. The van der Waals surface area contributed by atoms with Gasteiger partial charge in [0.15, 0.2) is 0 Å². The fourth-order valence-electron chi connectivity index (χ4n) is 4.25. The third-order valence-electron chi connectivity index (χ3n) is 5.50. The summed E-state index contributed by atoms with van der Waals surface area (Å²) in [7, 11) is 0. The van der Waals surface area contributed by atoms with Gasteiger partial charge in [0.05, 0.1) is 6.10 Å². The number of β-amino-alcohol motifs (C(OH)–C–C–N with tert-alkyl or cyclic N) is 1. The summed E-state index contributed by atoms with van der Waals surface area (Å²) in [6, 6.07) is 0. The van der Waals surface area contributed by atoms with Crippen molar-refractivity contribution in [3.63, 3.8) is 0 Å². The largest absolute Gasteiger partial charge is 0.392 e. The lowest BCUT2D eigenvalue weighted by molar-refractivity contribution is -0.00253. The van der Waals surface area contributed by atoms with Gasteiger partial charge in [-0.2, -0.15) is 0 Å². The third-order valence-corrected chi connectivity index (χ3v) is 5.50. The van der Waals surface area contributed by atoms with Crippen LogP contribution in [0.25, 0.3) is 0 Å². The van der Waals surface area contributed by atoms with E-state index in [-0.39, 0.29) is 6.10 Å². The zero-order valence-electron chi connectivity index (χ0n) is 13.7. The van der Waals surface area contributed by atoms with E-state index in [0.29, 0.717) is 11.3 Å². The van der Waals surface area contributed by atoms with Gasteiger partial charge in [0.25, 0.3) is 0 Å². The van der Waals surface area contributed by atoms with Gasteiger partial charge in [-0.05, 0) is 49.6 Å². The molecule has 2 aliphatic rings. The number of aliphatic hydroxyl groups excluding tert-OH is 1. The molecular weight excluding hydrogens is 248 g/mol. The summed E-state index contributed by atoms with van der Waals surface area (Å²) in [5.41, 5.74) is 0.438. The van der Waals surface area contributed by atoms with Crippen LogP contribution in [0.2, 0.25) is 0 Å². The van der Waals surface area contributed by atoms with Crippen LogP contribution in [-0.2, 0) is 0 Å². The first-order chi connectivity index (χ1) is 9.54. The van der Waals surface area contributed by atoms with Gasteiger partial charge >= 0.3 is 0 Å². The van der Waals surface area contributed by atoms with E-state index in [1.165, 1.54) is 38.8 Å². The number of aliphatic hydroxyl groups is 1. The molecule has 1 aliphatic carbocycles. The fraction of sp³-hybridized carbons (Fsp3) is 1.00. The minimum atomic E-state index is -0.124. The van der Waals surface area contributed by atoms with E-state index in [1.807, 2.05) is 0 Å². The highest BCUT2D eigenvalue weighted by Gasteiger charge is 2.37. The van der Waals surface area contributed by atoms with E-state index in [2.05, 4.69) is 31.0 Å². The van der Waals surface area contributed by atoms with Crippen molar-refractivity contribution in [2.24, 2.45) is 17.3 Å². The fourth-order valence-corrected chi connectivity index (χ4v) is 4.25. The number of nitrogens with zero attached hydrogens (tertiary/aromatic N) is 1. The number of nitrogens with one attached hydrogen (secondary N) is 1. The van der Waals surface area contributed by atoms with Crippen molar-refractivity contribution in [1.29, 1.82) is 0 Å². The van der Waals surface area contributed by atoms with Crippen LogP contribution in [-0.4, -0.2) is 48.8 Å².